The van der Waals surface area contributed by atoms with E-state index in [2.05, 4.69) is 10.2 Å². The maximum absolute atomic E-state index is 5.65. The van der Waals surface area contributed by atoms with E-state index in [0.717, 1.165) is 21.1 Å². The Kier molecular flexibility index (Phi) is 2.56. The summed E-state index contributed by atoms with van der Waals surface area (Å²) in [5.74, 6) is 0. The molecule has 1 aromatic carbocycles. The van der Waals surface area contributed by atoms with Crippen LogP contribution in [0.3, 0.4) is 0 Å². The van der Waals surface area contributed by atoms with Gasteiger partial charge in [-0.15, -0.1) is 10.2 Å². The number of nitrogens with two attached hydrogens (primary N) is 1. The molecule has 0 unspecified atom stereocenters. The third-order valence-corrected chi connectivity index (χ3v) is 2.87. The van der Waals surface area contributed by atoms with Gasteiger partial charge in [0.25, 0.3) is 0 Å². The van der Waals surface area contributed by atoms with Gasteiger partial charge in [0.15, 0.2) is 0 Å². The molecule has 2 aromatic rings. The van der Waals surface area contributed by atoms with Crippen molar-refractivity contribution in [1.82, 2.24) is 10.2 Å². The molecule has 1 aromatic heterocycles. The Morgan fingerprint density at radius 1 is 1.29 bits per heavy atom. The molecule has 2 rings (SSSR count). The number of aryl methyl sites for hydroxylation is 1. The van der Waals surface area contributed by atoms with Crippen molar-refractivity contribution in [3.8, 4) is 10.6 Å². The van der Waals surface area contributed by atoms with E-state index in [9.17, 15) is 0 Å². The average molecular weight is 205 g/mol. The van der Waals surface area contributed by atoms with E-state index in [1.807, 2.05) is 31.2 Å². The topological polar surface area (TPSA) is 51.8 Å². The predicted octanol–water partition coefficient (Wildman–Crippen LogP) is 1.97. The van der Waals surface area contributed by atoms with E-state index in [1.165, 1.54) is 0 Å². The molecule has 0 saturated carbocycles. The number of hydrogen-bond acceptors (Lipinski definition) is 4. The fourth-order valence-electron chi connectivity index (χ4n) is 1.31. The monoisotopic (exact) mass is 205 g/mol. The number of hydrogen-bond donors (Lipinski definition) is 1. The molecule has 72 valence electrons. The van der Waals surface area contributed by atoms with Crippen molar-refractivity contribution in [3.05, 3.63) is 34.8 Å². The highest BCUT2D eigenvalue weighted by Crippen LogP contribution is 2.25. The van der Waals surface area contributed by atoms with Gasteiger partial charge in [-0.05, 0) is 12.5 Å². The van der Waals surface area contributed by atoms with Gasteiger partial charge in [-0.25, -0.2) is 0 Å². The Balaban J connectivity index is 2.50. The lowest BCUT2D eigenvalue weighted by Gasteiger charge is -2.02. The number of nitrogens with zero attached hydrogens (tertiary/aromatic N) is 2. The molecule has 0 radical (unpaired) electrons. The molecule has 0 bridgehead atoms. The minimum atomic E-state index is 0.537. The van der Waals surface area contributed by atoms with E-state index in [0.29, 0.717) is 6.54 Å². The van der Waals surface area contributed by atoms with Crippen molar-refractivity contribution in [2.24, 2.45) is 5.73 Å². The van der Waals surface area contributed by atoms with E-state index < -0.39 is 0 Å². The summed E-state index contributed by atoms with van der Waals surface area (Å²) in [4.78, 5) is 0. The van der Waals surface area contributed by atoms with E-state index in [-0.39, 0.29) is 0 Å². The minimum Gasteiger partial charge on any atom is -0.326 e. The summed E-state index contributed by atoms with van der Waals surface area (Å²) < 4.78 is 0. The zero-order chi connectivity index (χ0) is 9.97. The number of benzene rings is 1. The van der Waals surface area contributed by atoms with Gasteiger partial charge in [0, 0.05) is 12.1 Å². The van der Waals surface area contributed by atoms with Gasteiger partial charge in [-0.3, -0.25) is 0 Å². The van der Waals surface area contributed by atoms with Crippen LogP contribution in [0.4, 0.5) is 0 Å². The second kappa shape index (κ2) is 3.86. The molecular weight excluding hydrogens is 194 g/mol. The Morgan fingerprint density at radius 3 is 2.71 bits per heavy atom. The van der Waals surface area contributed by atoms with E-state index >= 15 is 0 Å². The first-order chi connectivity index (χ1) is 6.81. The van der Waals surface area contributed by atoms with Crippen LogP contribution in [-0.4, -0.2) is 10.2 Å². The van der Waals surface area contributed by atoms with Crippen molar-refractivity contribution in [2.45, 2.75) is 13.5 Å². The SMILES string of the molecule is Cc1nnc(-c2ccccc2CN)s1. The first-order valence-electron chi connectivity index (χ1n) is 4.39. The van der Waals surface area contributed by atoms with E-state index in [1.54, 1.807) is 11.3 Å². The molecule has 0 atom stereocenters. The van der Waals surface area contributed by atoms with Gasteiger partial charge in [0.05, 0.1) is 0 Å². The molecule has 0 spiro atoms. The molecule has 0 fully saturated rings. The van der Waals surface area contributed by atoms with Gasteiger partial charge in [0.2, 0.25) is 0 Å². The first kappa shape index (κ1) is 9.30. The van der Waals surface area contributed by atoms with Crippen LogP contribution in [0.1, 0.15) is 10.6 Å². The summed E-state index contributed by atoms with van der Waals surface area (Å²) in [6, 6.07) is 8.03. The van der Waals surface area contributed by atoms with Crippen LogP contribution >= 0.6 is 11.3 Å². The van der Waals surface area contributed by atoms with Crippen molar-refractivity contribution in [2.75, 3.05) is 0 Å². The summed E-state index contributed by atoms with van der Waals surface area (Å²) in [6.45, 7) is 2.49. The molecule has 0 aliphatic heterocycles. The summed E-state index contributed by atoms with van der Waals surface area (Å²) in [7, 11) is 0. The smallest absolute Gasteiger partial charge is 0.148 e. The van der Waals surface area contributed by atoms with Crippen LogP contribution in [0.5, 0.6) is 0 Å². The third kappa shape index (κ3) is 1.66. The van der Waals surface area contributed by atoms with Gasteiger partial charge in [-0.1, -0.05) is 35.6 Å². The normalized spacial score (nSPS) is 10.4. The highest BCUT2D eigenvalue weighted by Gasteiger charge is 2.07. The predicted molar refractivity (Wildman–Crippen MR) is 58.0 cm³/mol. The van der Waals surface area contributed by atoms with Gasteiger partial charge < -0.3 is 5.73 Å². The standard InChI is InChI=1S/C10H11N3S/c1-7-12-13-10(14-7)9-5-3-2-4-8(9)6-11/h2-5H,6,11H2,1H3. The number of aromatic nitrogens is 2. The van der Waals surface area contributed by atoms with Crippen LogP contribution < -0.4 is 5.73 Å². The highest BCUT2D eigenvalue weighted by atomic mass is 32.1. The lowest BCUT2D eigenvalue weighted by Crippen LogP contribution is -1.98. The number of rotatable bonds is 2. The quantitative estimate of drug-likeness (QED) is 0.815. The van der Waals surface area contributed by atoms with Crippen LogP contribution in [0.2, 0.25) is 0 Å². The molecule has 0 aliphatic rings. The summed E-state index contributed by atoms with van der Waals surface area (Å²) in [5, 5.41) is 10.0. The van der Waals surface area contributed by atoms with Crippen LogP contribution in [0, 0.1) is 6.92 Å². The Labute approximate surface area is 86.6 Å². The second-order valence-corrected chi connectivity index (χ2v) is 4.17. The van der Waals surface area contributed by atoms with Crippen LogP contribution in [0.25, 0.3) is 10.6 Å². The molecule has 0 amide bonds. The van der Waals surface area contributed by atoms with Crippen molar-refractivity contribution >= 4 is 11.3 Å². The fraction of sp³-hybridized carbons (Fsp3) is 0.200. The van der Waals surface area contributed by atoms with Crippen LogP contribution in [-0.2, 0) is 6.54 Å². The molecule has 0 aliphatic carbocycles. The Bertz CT molecular complexity index is 436. The van der Waals surface area contributed by atoms with Crippen molar-refractivity contribution in [3.63, 3.8) is 0 Å². The molecule has 1 heterocycles. The third-order valence-electron chi connectivity index (χ3n) is 1.99. The maximum atomic E-state index is 5.65. The lowest BCUT2D eigenvalue weighted by atomic mass is 10.1. The Hall–Kier alpha value is -1.26. The van der Waals surface area contributed by atoms with E-state index in [4.69, 9.17) is 5.73 Å². The van der Waals surface area contributed by atoms with Crippen molar-refractivity contribution in [1.29, 1.82) is 0 Å². The molecule has 0 saturated heterocycles. The summed E-state index contributed by atoms with van der Waals surface area (Å²) >= 11 is 1.59. The molecule has 3 nitrogen and oxygen atoms in total. The highest BCUT2D eigenvalue weighted by molar-refractivity contribution is 7.14. The molecule has 14 heavy (non-hydrogen) atoms. The minimum absolute atomic E-state index is 0.537. The molecule has 2 N–H and O–H groups in total. The average Bonchev–Trinajstić information content (AvgIpc) is 2.65. The summed E-state index contributed by atoms with van der Waals surface area (Å²) in [5.41, 5.74) is 7.86. The van der Waals surface area contributed by atoms with Gasteiger partial charge >= 0.3 is 0 Å². The Morgan fingerprint density at radius 2 is 2.07 bits per heavy atom. The first-order valence-corrected chi connectivity index (χ1v) is 5.21. The second-order valence-electron chi connectivity index (χ2n) is 2.99. The molecule has 4 heteroatoms. The summed E-state index contributed by atoms with van der Waals surface area (Å²) in [6.07, 6.45) is 0. The van der Waals surface area contributed by atoms with Crippen molar-refractivity contribution < 1.29 is 0 Å². The van der Waals surface area contributed by atoms with Gasteiger partial charge in [0.1, 0.15) is 10.0 Å². The van der Waals surface area contributed by atoms with Gasteiger partial charge in [-0.2, -0.15) is 0 Å². The van der Waals surface area contributed by atoms with Crippen LogP contribution in [0.15, 0.2) is 24.3 Å². The zero-order valence-electron chi connectivity index (χ0n) is 7.90. The fourth-order valence-corrected chi connectivity index (χ4v) is 2.06. The maximum Gasteiger partial charge on any atom is 0.148 e. The zero-order valence-corrected chi connectivity index (χ0v) is 8.71. The largest absolute Gasteiger partial charge is 0.326 e. The molecular formula is C10H11N3S. The lowest BCUT2D eigenvalue weighted by molar-refractivity contribution is 1.04.